The molecule has 7 nitrogen and oxygen atoms in total. The van der Waals surface area contributed by atoms with Crippen molar-refractivity contribution in [1.29, 1.82) is 0 Å². The molecule has 2 N–H and O–H groups in total. The number of aromatic nitrogens is 3. The molecule has 0 spiro atoms. The van der Waals surface area contributed by atoms with Gasteiger partial charge in [-0.1, -0.05) is 42.1 Å². The van der Waals surface area contributed by atoms with Crippen molar-refractivity contribution in [3.63, 3.8) is 0 Å². The summed E-state index contributed by atoms with van der Waals surface area (Å²) in [6.45, 7) is 0. The summed E-state index contributed by atoms with van der Waals surface area (Å²) in [6.07, 6.45) is 2.02. The average Bonchev–Trinajstić information content (AvgIpc) is 2.77. The van der Waals surface area contributed by atoms with Gasteiger partial charge in [-0.05, 0) is 45.3 Å². The van der Waals surface area contributed by atoms with E-state index in [0.717, 1.165) is 26.3 Å². The van der Waals surface area contributed by atoms with Gasteiger partial charge in [0.25, 0.3) is 5.91 Å². The summed E-state index contributed by atoms with van der Waals surface area (Å²) in [7, 11) is 0. The molecule has 5 rings (SSSR count). The number of carboxylic acids is 1. The van der Waals surface area contributed by atoms with Gasteiger partial charge in [-0.25, -0.2) is 4.79 Å². The summed E-state index contributed by atoms with van der Waals surface area (Å²) in [5.41, 5.74) is 2.16. The number of benzene rings is 3. The average molecular weight is 414 g/mol. The number of nitrogens with zero attached hydrogens (tertiary/aromatic N) is 3. The second-order valence-corrected chi connectivity index (χ2v) is 7.86. The molecule has 8 heteroatoms. The molecule has 30 heavy (non-hydrogen) atoms. The van der Waals surface area contributed by atoms with Crippen LogP contribution in [0.3, 0.4) is 0 Å². The molecule has 3 aromatic carbocycles. The highest BCUT2D eigenvalue weighted by Gasteiger charge is 2.26. The Morgan fingerprint density at radius 1 is 1.00 bits per heavy atom. The Hall–Kier alpha value is -3.78. The van der Waals surface area contributed by atoms with Gasteiger partial charge in [0.1, 0.15) is 0 Å². The molecule has 0 aliphatic carbocycles. The third-order valence-corrected chi connectivity index (χ3v) is 6.23. The molecule has 1 aliphatic heterocycles. The predicted octanol–water partition coefficient (Wildman–Crippen LogP) is 4.03. The first-order valence-electron chi connectivity index (χ1n) is 9.15. The van der Waals surface area contributed by atoms with Gasteiger partial charge in [-0.3, -0.25) is 4.79 Å². The molecule has 2 heterocycles. The number of anilines is 1. The second kappa shape index (κ2) is 7.23. The fraction of sp³-hybridized carbons (Fsp3) is 0.0455. The van der Waals surface area contributed by atoms with Gasteiger partial charge in [0.2, 0.25) is 0 Å². The van der Waals surface area contributed by atoms with Crippen LogP contribution in [0.15, 0.2) is 70.6 Å². The van der Waals surface area contributed by atoms with E-state index in [9.17, 15) is 14.7 Å². The van der Waals surface area contributed by atoms with E-state index in [0.29, 0.717) is 11.8 Å². The molecule has 0 radical (unpaired) electrons. The maximum absolute atomic E-state index is 13.2. The second-order valence-electron chi connectivity index (χ2n) is 6.78. The summed E-state index contributed by atoms with van der Waals surface area (Å²) < 4.78 is 0. The van der Waals surface area contributed by atoms with Crippen molar-refractivity contribution in [3.05, 3.63) is 83.0 Å². The molecule has 0 saturated heterocycles. The van der Waals surface area contributed by atoms with Crippen LogP contribution in [-0.4, -0.2) is 32.4 Å². The van der Waals surface area contributed by atoms with Crippen molar-refractivity contribution in [2.75, 3.05) is 5.32 Å². The molecule has 146 valence electrons. The number of fused-ring (bicyclic) bond motifs is 4. The maximum Gasteiger partial charge on any atom is 0.336 e. The molecular formula is C22H14N4O3S. The van der Waals surface area contributed by atoms with Gasteiger partial charge in [-0.2, -0.15) is 0 Å². The SMILES string of the molecule is O=C(O)c1ccc2ccc3c(c2c1C(=O)Nc1ccnnn1)Cc1ccccc1S3. The molecule has 0 unspecified atom stereocenters. The smallest absolute Gasteiger partial charge is 0.336 e. The van der Waals surface area contributed by atoms with Crippen molar-refractivity contribution in [3.8, 4) is 0 Å². The number of aromatic carboxylic acids is 1. The molecule has 1 amide bonds. The zero-order chi connectivity index (χ0) is 20.7. The van der Waals surface area contributed by atoms with Crippen molar-refractivity contribution >= 4 is 40.2 Å². The van der Waals surface area contributed by atoms with Crippen molar-refractivity contribution in [1.82, 2.24) is 15.4 Å². The summed E-state index contributed by atoms with van der Waals surface area (Å²) >= 11 is 1.63. The van der Waals surface area contributed by atoms with E-state index in [1.165, 1.54) is 18.3 Å². The molecule has 1 aliphatic rings. The van der Waals surface area contributed by atoms with Crippen LogP contribution < -0.4 is 5.32 Å². The fourth-order valence-corrected chi connectivity index (χ4v) is 4.79. The molecule has 0 atom stereocenters. The van der Waals surface area contributed by atoms with Crippen LogP contribution in [0.25, 0.3) is 10.8 Å². The number of hydrogen-bond donors (Lipinski definition) is 2. The largest absolute Gasteiger partial charge is 0.478 e. The van der Waals surface area contributed by atoms with Crippen LogP contribution >= 0.6 is 11.8 Å². The van der Waals surface area contributed by atoms with Gasteiger partial charge in [0, 0.05) is 22.3 Å². The fourth-order valence-electron chi connectivity index (χ4n) is 3.70. The lowest BCUT2D eigenvalue weighted by Crippen LogP contribution is -2.19. The summed E-state index contributed by atoms with van der Waals surface area (Å²) in [5, 5.41) is 24.8. The Morgan fingerprint density at radius 2 is 1.83 bits per heavy atom. The lowest BCUT2D eigenvalue weighted by atomic mass is 9.91. The zero-order valence-electron chi connectivity index (χ0n) is 15.5. The summed E-state index contributed by atoms with van der Waals surface area (Å²) in [6, 6.07) is 16.7. The number of rotatable bonds is 3. The zero-order valence-corrected chi connectivity index (χ0v) is 16.3. The van der Waals surface area contributed by atoms with Crippen LogP contribution in [0.4, 0.5) is 5.82 Å². The Morgan fingerprint density at radius 3 is 2.63 bits per heavy atom. The maximum atomic E-state index is 13.2. The lowest BCUT2D eigenvalue weighted by Gasteiger charge is -2.22. The number of hydrogen-bond acceptors (Lipinski definition) is 6. The van der Waals surface area contributed by atoms with Crippen molar-refractivity contribution in [2.45, 2.75) is 16.2 Å². The minimum Gasteiger partial charge on any atom is -0.478 e. The van der Waals surface area contributed by atoms with Gasteiger partial charge >= 0.3 is 5.97 Å². The van der Waals surface area contributed by atoms with E-state index >= 15 is 0 Å². The number of carboxylic acid groups (broad SMARTS) is 1. The van der Waals surface area contributed by atoms with Gasteiger partial charge in [0.05, 0.1) is 17.3 Å². The first-order valence-corrected chi connectivity index (χ1v) is 9.97. The predicted molar refractivity (Wildman–Crippen MR) is 112 cm³/mol. The number of nitrogens with one attached hydrogen (secondary N) is 1. The number of amides is 1. The number of carbonyl (C=O) groups is 2. The van der Waals surface area contributed by atoms with E-state index in [1.807, 2.05) is 24.3 Å². The van der Waals surface area contributed by atoms with Crippen LogP contribution in [0.5, 0.6) is 0 Å². The highest BCUT2D eigenvalue weighted by atomic mass is 32.2. The highest BCUT2D eigenvalue weighted by molar-refractivity contribution is 7.99. The Bertz CT molecular complexity index is 1330. The van der Waals surface area contributed by atoms with E-state index in [1.54, 1.807) is 17.8 Å². The van der Waals surface area contributed by atoms with E-state index < -0.39 is 11.9 Å². The Kier molecular flexibility index (Phi) is 4.40. The first-order chi connectivity index (χ1) is 14.6. The van der Waals surface area contributed by atoms with E-state index in [4.69, 9.17) is 0 Å². The van der Waals surface area contributed by atoms with Gasteiger partial charge < -0.3 is 10.4 Å². The minimum absolute atomic E-state index is 0.0562. The minimum atomic E-state index is -1.16. The Balaban J connectivity index is 1.73. The molecular weight excluding hydrogens is 400 g/mol. The first kappa shape index (κ1) is 18.3. The molecule has 0 bridgehead atoms. The lowest BCUT2D eigenvalue weighted by molar-refractivity contribution is 0.0693. The quantitative estimate of drug-likeness (QED) is 0.459. The monoisotopic (exact) mass is 414 g/mol. The van der Waals surface area contributed by atoms with E-state index in [2.05, 4.69) is 32.9 Å². The van der Waals surface area contributed by atoms with Crippen LogP contribution in [-0.2, 0) is 6.42 Å². The highest BCUT2D eigenvalue weighted by Crippen LogP contribution is 2.43. The van der Waals surface area contributed by atoms with Crippen molar-refractivity contribution in [2.24, 2.45) is 0 Å². The molecule has 0 fully saturated rings. The van der Waals surface area contributed by atoms with Gasteiger partial charge in [-0.15, -0.1) is 10.2 Å². The molecule has 1 aromatic heterocycles. The normalized spacial score (nSPS) is 12.1. The molecule has 0 saturated carbocycles. The summed E-state index contributed by atoms with van der Waals surface area (Å²) in [4.78, 5) is 27.4. The standard InChI is InChI=1S/C22H14N4O3S/c27-21(24-18-9-10-23-26-25-18)20-14(22(28)29)7-5-12-6-8-17-15(19(12)20)11-13-3-1-2-4-16(13)30-17/h1-10H,11H2,(H,28,29)(H,23,24,25,27). The van der Waals surface area contributed by atoms with Crippen molar-refractivity contribution < 1.29 is 14.7 Å². The summed E-state index contributed by atoms with van der Waals surface area (Å²) in [5.74, 6) is -1.51. The number of carbonyl (C=O) groups excluding carboxylic acids is 1. The topological polar surface area (TPSA) is 105 Å². The Labute approximate surface area is 175 Å². The van der Waals surface area contributed by atoms with Crippen LogP contribution in [0, 0.1) is 0 Å². The third kappa shape index (κ3) is 3.07. The van der Waals surface area contributed by atoms with Gasteiger partial charge in [0.15, 0.2) is 5.82 Å². The van der Waals surface area contributed by atoms with Crippen LogP contribution in [0.2, 0.25) is 0 Å². The third-order valence-electron chi connectivity index (χ3n) is 5.01. The van der Waals surface area contributed by atoms with E-state index in [-0.39, 0.29) is 16.9 Å². The van der Waals surface area contributed by atoms with Crippen LogP contribution in [0.1, 0.15) is 31.8 Å². The molecule has 4 aromatic rings.